The molecule has 24 heavy (non-hydrogen) atoms. The first-order valence-electron chi connectivity index (χ1n) is 7.39. The van der Waals surface area contributed by atoms with Gasteiger partial charge in [-0.1, -0.05) is 24.3 Å². The molecule has 1 fully saturated rings. The predicted molar refractivity (Wildman–Crippen MR) is 87.4 cm³/mol. The van der Waals surface area contributed by atoms with E-state index in [1.165, 1.54) is 0 Å². The number of epoxide rings is 1. The van der Waals surface area contributed by atoms with Gasteiger partial charge in [0.1, 0.15) is 18.5 Å². The van der Waals surface area contributed by atoms with E-state index >= 15 is 0 Å². The van der Waals surface area contributed by atoms with Crippen LogP contribution < -0.4 is 10.1 Å². The summed E-state index contributed by atoms with van der Waals surface area (Å²) in [6, 6.07) is 11.4. The van der Waals surface area contributed by atoms with Gasteiger partial charge < -0.3 is 14.8 Å². The number of benzene rings is 2. The molecule has 0 radical (unpaired) electrons. The van der Waals surface area contributed by atoms with Gasteiger partial charge in [0.2, 0.25) is 5.91 Å². The topological polar surface area (TPSA) is 105 Å². The number of amides is 1. The average molecular weight is 351 g/mol. The van der Waals surface area contributed by atoms with Crippen molar-refractivity contribution >= 4 is 26.8 Å². The van der Waals surface area contributed by atoms with Gasteiger partial charge in [-0.05, 0) is 23.1 Å². The Kier molecular flexibility index (Phi) is 4.70. The van der Waals surface area contributed by atoms with Crippen LogP contribution in [0.2, 0.25) is 0 Å². The van der Waals surface area contributed by atoms with Crippen molar-refractivity contribution in [1.82, 2.24) is 5.32 Å². The largest absolute Gasteiger partial charge is 0.490 e. The average Bonchev–Trinajstić information content (AvgIpc) is 3.33. The second-order valence-electron chi connectivity index (χ2n) is 5.58. The van der Waals surface area contributed by atoms with Crippen molar-refractivity contribution in [3.8, 4) is 5.75 Å². The number of rotatable bonds is 7. The summed E-state index contributed by atoms with van der Waals surface area (Å²) in [4.78, 5) is 11.5. The first-order chi connectivity index (χ1) is 11.4. The third-order valence-corrected chi connectivity index (χ3v) is 4.14. The highest BCUT2D eigenvalue weighted by Crippen LogP contribution is 2.28. The summed E-state index contributed by atoms with van der Waals surface area (Å²) in [5.41, 5.74) is 0.768. The molecule has 0 saturated carbocycles. The fourth-order valence-electron chi connectivity index (χ4n) is 2.32. The summed E-state index contributed by atoms with van der Waals surface area (Å²) in [5, 5.41) is 4.37. The molecule has 0 spiro atoms. The Morgan fingerprint density at radius 3 is 2.79 bits per heavy atom. The van der Waals surface area contributed by atoms with E-state index in [9.17, 15) is 13.2 Å². The lowest BCUT2D eigenvalue weighted by atomic mass is 10.1. The zero-order valence-electron chi connectivity index (χ0n) is 12.8. The fraction of sp³-hybridized carbons (Fsp3) is 0.312. The minimum absolute atomic E-state index is 0.127. The molecule has 0 aromatic heterocycles. The summed E-state index contributed by atoms with van der Waals surface area (Å²) < 4.78 is 41.0. The van der Waals surface area contributed by atoms with Crippen LogP contribution in [0, 0.1) is 0 Å². The van der Waals surface area contributed by atoms with Crippen LogP contribution in [0.4, 0.5) is 0 Å². The van der Waals surface area contributed by atoms with Crippen molar-refractivity contribution in [3.05, 3.63) is 42.0 Å². The van der Waals surface area contributed by atoms with Gasteiger partial charge in [0.25, 0.3) is 10.1 Å². The SMILES string of the molecule is O=C(CS(=O)(=O)O)NCc1cc(OCC2CO2)c2ccccc2c1. The molecule has 2 aromatic rings. The molecule has 3 rings (SSSR count). The van der Waals surface area contributed by atoms with E-state index in [2.05, 4.69) is 5.32 Å². The lowest BCUT2D eigenvalue weighted by Gasteiger charge is -2.12. The smallest absolute Gasteiger partial charge is 0.274 e. The van der Waals surface area contributed by atoms with Crippen LogP contribution in [0.25, 0.3) is 10.8 Å². The van der Waals surface area contributed by atoms with Crippen molar-refractivity contribution < 1.29 is 27.2 Å². The first kappa shape index (κ1) is 16.7. The molecule has 0 bridgehead atoms. The maximum absolute atomic E-state index is 11.5. The molecular weight excluding hydrogens is 334 g/mol. The zero-order chi connectivity index (χ0) is 17.2. The highest BCUT2D eigenvalue weighted by atomic mass is 32.2. The summed E-state index contributed by atoms with van der Waals surface area (Å²) in [5.74, 6) is -1.04. The number of ether oxygens (including phenoxy) is 2. The van der Waals surface area contributed by atoms with E-state index in [4.69, 9.17) is 14.0 Å². The molecule has 1 saturated heterocycles. The summed E-state index contributed by atoms with van der Waals surface area (Å²) in [7, 11) is -4.33. The standard InChI is InChI=1S/C16H17NO6S/c18-16(10-24(19,20)21)17-7-11-5-12-3-1-2-4-14(12)15(6-11)23-9-13-8-22-13/h1-6,13H,7-10H2,(H,17,18)(H,19,20,21). The third-order valence-electron chi connectivity index (χ3n) is 3.51. The monoisotopic (exact) mass is 351 g/mol. The maximum Gasteiger partial charge on any atom is 0.274 e. The van der Waals surface area contributed by atoms with Crippen LogP contribution in [0.5, 0.6) is 5.75 Å². The van der Waals surface area contributed by atoms with E-state index in [1.807, 2.05) is 30.3 Å². The molecule has 1 heterocycles. The minimum atomic E-state index is -4.33. The molecule has 0 aliphatic carbocycles. The second-order valence-corrected chi connectivity index (χ2v) is 7.04. The highest BCUT2D eigenvalue weighted by Gasteiger charge is 2.23. The van der Waals surface area contributed by atoms with Crippen molar-refractivity contribution in [2.45, 2.75) is 12.6 Å². The summed E-state index contributed by atoms with van der Waals surface area (Å²) in [6.07, 6.45) is 0.127. The van der Waals surface area contributed by atoms with E-state index in [-0.39, 0.29) is 12.6 Å². The van der Waals surface area contributed by atoms with Gasteiger partial charge in [0.15, 0.2) is 5.75 Å². The molecule has 2 aromatic carbocycles. The van der Waals surface area contributed by atoms with Crippen molar-refractivity contribution in [2.24, 2.45) is 0 Å². The number of nitrogens with one attached hydrogen (secondary N) is 1. The van der Waals surface area contributed by atoms with Gasteiger partial charge in [0.05, 0.1) is 6.61 Å². The van der Waals surface area contributed by atoms with E-state index in [0.717, 1.165) is 16.3 Å². The van der Waals surface area contributed by atoms with Crippen LogP contribution in [-0.2, 0) is 26.2 Å². The Hall–Kier alpha value is -2.16. The van der Waals surface area contributed by atoms with Crippen LogP contribution in [0.1, 0.15) is 5.56 Å². The molecule has 8 heteroatoms. The molecular formula is C16H17NO6S. The molecule has 7 nitrogen and oxygen atoms in total. The maximum atomic E-state index is 11.5. The number of hydrogen-bond acceptors (Lipinski definition) is 5. The molecule has 1 aliphatic rings. The predicted octanol–water partition coefficient (Wildman–Crippen LogP) is 1.12. The fourth-order valence-corrected chi connectivity index (χ4v) is 2.75. The lowest BCUT2D eigenvalue weighted by Crippen LogP contribution is -2.29. The number of fused-ring (bicyclic) bond motifs is 1. The molecule has 2 N–H and O–H groups in total. The van der Waals surface area contributed by atoms with Crippen LogP contribution >= 0.6 is 0 Å². The number of carbonyl (C=O) groups is 1. The first-order valence-corrected chi connectivity index (χ1v) is 8.99. The minimum Gasteiger partial charge on any atom is -0.490 e. The van der Waals surface area contributed by atoms with Gasteiger partial charge in [-0.2, -0.15) is 8.42 Å². The second kappa shape index (κ2) is 6.76. The Labute approximate surface area is 139 Å². The van der Waals surface area contributed by atoms with Gasteiger partial charge >= 0.3 is 0 Å². The van der Waals surface area contributed by atoms with Crippen LogP contribution in [0.15, 0.2) is 36.4 Å². The molecule has 1 unspecified atom stereocenters. The Bertz CT molecular complexity index is 860. The Balaban J connectivity index is 1.76. The molecule has 1 atom stereocenters. The molecule has 1 aliphatic heterocycles. The van der Waals surface area contributed by atoms with Crippen molar-refractivity contribution in [2.75, 3.05) is 19.0 Å². The van der Waals surface area contributed by atoms with Crippen molar-refractivity contribution in [3.63, 3.8) is 0 Å². The van der Waals surface area contributed by atoms with Crippen molar-refractivity contribution in [1.29, 1.82) is 0 Å². The van der Waals surface area contributed by atoms with E-state index < -0.39 is 21.8 Å². The molecule has 1 amide bonds. The van der Waals surface area contributed by atoms with Crippen LogP contribution in [-0.4, -0.2) is 43.9 Å². The normalized spacial score (nSPS) is 16.8. The van der Waals surface area contributed by atoms with Gasteiger partial charge in [-0.15, -0.1) is 0 Å². The van der Waals surface area contributed by atoms with E-state index in [1.54, 1.807) is 6.07 Å². The van der Waals surface area contributed by atoms with Gasteiger partial charge in [-0.25, -0.2) is 0 Å². The summed E-state index contributed by atoms with van der Waals surface area (Å²) >= 11 is 0. The Morgan fingerprint density at radius 2 is 2.08 bits per heavy atom. The van der Waals surface area contributed by atoms with E-state index in [0.29, 0.717) is 19.0 Å². The van der Waals surface area contributed by atoms with Gasteiger partial charge in [0, 0.05) is 11.9 Å². The van der Waals surface area contributed by atoms with Crippen LogP contribution in [0.3, 0.4) is 0 Å². The number of hydrogen-bond donors (Lipinski definition) is 2. The Morgan fingerprint density at radius 1 is 1.33 bits per heavy atom. The lowest BCUT2D eigenvalue weighted by molar-refractivity contribution is -0.118. The van der Waals surface area contributed by atoms with Gasteiger partial charge in [-0.3, -0.25) is 9.35 Å². The number of carbonyl (C=O) groups excluding carboxylic acids is 1. The highest BCUT2D eigenvalue weighted by molar-refractivity contribution is 7.86. The zero-order valence-corrected chi connectivity index (χ0v) is 13.6. The molecule has 128 valence electrons. The third kappa shape index (κ3) is 4.67. The quantitative estimate of drug-likeness (QED) is 0.572. The summed E-state index contributed by atoms with van der Waals surface area (Å²) in [6.45, 7) is 1.29.